The van der Waals surface area contributed by atoms with E-state index in [1.54, 1.807) is 4.90 Å². The second kappa shape index (κ2) is 7.54. The molecule has 6 nitrogen and oxygen atoms in total. The highest BCUT2D eigenvalue weighted by atomic mass is 16.2. The standard InChI is InChI=1S/C23H24N4O2/c1-4-26-22-19(15(2)25-27(22)18-13-9-6-10-14-18)20(17-11-7-5-8-12-17)21(23(26)29)24-16(3)28/h5-14,20-21H,4H2,1-3H3,(H,24,28)/t20-,21-/m0/s1. The van der Waals surface area contributed by atoms with E-state index in [0.29, 0.717) is 6.54 Å². The second-order valence-corrected chi connectivity index (χ2v) is 7.22. The highest BCUT2D eigenvalue weighted by molar-refractivity contribution is 6.03. The third kappa shape index (κ3) is 3.20. The van der Waals surface area contributed by atoms with Crippen molar-refractivity contribution in [2.45, 2.75) is 32.7 Å². The Labute approximate surface area is 170 Å². The maximum absolute atomic E-state index is 13.5. The monoisotopic (exact) mass is 388 g/mol. The minimum Gasteiger partial charge on any atom is -0.344 e. The Morgan fingerprint density at radius 2 is 1.69 bits per heavy atom. The number of rotatable bonds is 4. The van der Waals surface area contributed by atoms with Crippen LogP contribution in [0.5, 0.6) is 0 Å². The number of nitrogens with one attached hydrogen (secondary N) is 1. The first-order valence-electron chi connectivity index (χ1n) is 9.81. The molecule has 0 aliphatic carbocycles. The average molecular weight is 388 g/mol. The third-order valence-corrected chi connectivity index (χ3v) is 5.35. The van der Waals surface area contributed by atoms with E-state index in [-0.39, 0.29) is 17.7 Å². The van der Waals surface area contributed by atoms with Gasteiger partial charge < -0.3 is 5.32 Å². The molecule has 0 bridgehead atoms. The predicted octanol–water partition coefficient (Wildman–Crippen LogP) is 3.18. The lowest BCUT2D eigenvalue weighted by Crippen LogP contribution is -2.55. The number of fused-ring (bicyclic) bond motifs is 1. The molecule has 1 aliphatic heterocycles. The summed E-state index contributed by atoms with van der Waals surface area (Å²) in [5, 5.41) is 7.69. The maximum Gasteiger partial charge on any atom is 0.251 e. The Kier molecular flexibility index (Phi) is 4.92. The molecule has 2 heterocycles. The van der Waals surface area contributed by atoms with E-state index in [1.807, 2.05) is 79.2 Å². The van der Waals surface area contributed by atoms with Crippen LogP contribution in [0.1, 0.15) is 36.6 Å². The summed E-state index contributed by atoms with van der Waals surface area (Å²) >= 11 is 0. The van der Waals surface area contributed by atoms with E-state index in [9.17, 15) is 9.59 Å². The molecule has 0 saturated carbocycles. The fraction of sp³-hybridized carbons (Fsp3) is 0.261. The summed E-state index contributed by atoms with van der Waals surface area (Å²) in [5.41, 5.74) is 3.69. The molecule has 2 amide bonds. The van der Waals surface area contributed by atoms with Crippen molar-refractivity contribution < 1.29 is 9.59 Å². The van der Waals surface area contributed by atoms with E-state index >= 15 is 0 Å². The van der Waals surface area contributed by atoms with Gasteiger partial charge in [0.2, 0.25) is 5.91 Å². The molecule has 4 rings (SSSR count). The number of benzene rings is 2. The molecule has 29 heavy (non-hydrogen) atoms. The number of amides is 2. The first-order chi connectivity index (χ1) is 14.0. The van der Waals surface area contributed by atoms with Crippen LogP contribution < -0.4 is 10.2 Å². The van der Waals surface area contributed by atoms with E-state index in [1.165, 1.54) is 6.92 Å². The van der Waals surface area contributed by atoms with Gasteiger partial charge in [0.15, 0.2) is 0 Å². The van der Waals surface area contributed by atoms with Gasteiger partial charge in [-0.15, -0.1) is 0 Å². The molecule has 0 saturated heterocycles. The summed E-state index contributed by atoms with van der Waals surface area (Å²) in [6, 6.07) is 19.0. The Bertz CT molecular complexity index is 1040. The lowest BCUT2D eigenvalue weighted by molar-refractivity contribution is -0.127. The fourth-order valence-corrected chi connectivity index (χ4v) is 4.17. The van der Waals surface area contributed by atoms with Crippen molar-refractivity contribution in [3.63, 3.8) is 0 Å². The molecule has 2 atom stereocenters. The summed E-state index contributed by atoms with van der Waals surface area (Å²) in [6.45, 7) is 5.83. The van der Waals surface area contributed by atoms with Gasteiger partial charge in [0.05, 0.1) is 11.4 Å². The smallest absolute Gasteiger partial charge is 0.251 e. The van der Waals surface area contributed by atoms with Gasteiger partial charge >= 0.3 is 0 Å². The van der Waals surface area contributed by atoms with E-state index in [0.717, 1.165) is 28.3 Å². The van der Waals surface area contributed by atoms with Crippen molar-refractivity contribution in [1.82, 2.24) is 15.1 Å². The van der Waals surface area contributed by atoms with Crippen LogP contribution in [-0.4, -0.2) is 34.2 Å². The van der Waals surface area contributed by atoms with Crippen molar-refractivity contribution in [2.75, 3.05) is 11.4 Å². The number of hydrogen-bond acceptors (Lipinski definition) is 3. The number of hydrogen-bond donors (Lipinski definition) is 1. The summed E-state index contributed by atoms with van der Waals surface area (Å²) < 4.78 is 1.84. The minimum absolute atomic E-state index is 0.124. The first kappa shape index (κ1) is 18.9. The van der Waals surface area contributed by atoms with Crippen LogP contribution in [0, 0.1) is 6.92 Å². The molecule has 1 aliphatic rings. The van der Waals surface area contributed by atoms with Crippen molar-refractivity contribution in [2.24, 2.45) is 0 Å². The van der Waals surface area contributed by atoms with Crippen LogP contribution in [0.15, 0.2) is 60.7 Å². The van der Waals surface area contributed by atoms with Gasteiger partial charge in [0, 0.05) is 24.9 Å². The number of nitrogens with zero attached hydrogens (tertiary/aromatic N) is 3. The summed E-state index contributed by atoms with van der Waals surface area (Å²) in [4.78, 5) is 27.2. The zero-order chi connectivity index (χ0) is 20.5. The molecular weight excluding hydrogens is 364 g/mol. The number of para-hydroxylation sites is 1. The van der Waals surface area contributed by atoms with Gasteiger partial charge in [0.1, 0.15) is 11.9 Å². The number of likely N-dealkylation sites (N-methyl/N-ethyl adjacent to an activating group) is 1. The molecule has 3 aromatic rings. The normalized spacial score (nSPS) is 18.4. The quantitative estimate of drug-likeness (QED) is 0.746. The second-order valence-electron chi connectivity index (χ2n) is 7.22. The topological polar surface area (TPSA) is 67.2 Å². The minimum atomic E-state index is -0.672. The molecule has 0 unspecified atom stereocenters. The molecular formula is C23H24N4O2. The van der Waals surface area contributed by atoms with Gasteiger partial charge in [-0.1, -0.05) is 48.5 Å². The maximum atomic E-state index is 13.5. The number of aryl methyl sites for hydroxylation is 1. The molecule has 1 aromatic heterocycles. The summed E-state index contributed by atoms with van der Waals surface area (Å²) in [5.74, 6) is 0.123. The lowest BCUT2D eigenvalue weighted by Gasteiger charge is -2.38. The lowest BCUT2D eigenvalue weighted by atomic mass is 9.81. The van der Waals surface area contributed by atoms with Crippen molar-refractivity contribution in [1.29, 1.82) is 0 Å². The zero-order valence-electron chi connectivity index (χ0n) is 16.8. The third-order valence-electron chi connectivity index (χ3n) is 5.35. The fourth-order valence-electron chi connectivity index (χ4n) is 4.17. The summed E-state index contributed by atoms with van der Waals surface area (Å²) in [7, 11) is 0. The largest absolute Gasteiger partial charge is 0.344 e. The van der Waals surface area contributed by atoms with E-state index in [4.69, 9.17) is 5.10 Å². The predicted molar refractivity (Wildman–Crippen MR) is 112 cm³/mol. The average Bonchev–Trinajstić information content (AvgIpc) is 3.06. The Morgan fingerprint density at radius 3 is 2.28 bits per heavy atom. The summed E-state index contributed by atoms with van der Waals surface area (Å²) in [6.07, 6.45) is 0. The Hall–Kier alpha value is -3.41. The van der Waals surface area contributed by atoms with Crippen LogP contribution in [0.2, 0.25) is 0 Å². The van der Waals surface area contributed by atoms with Gasteiger partial charge in [0.25, 0.3) is 5.91 Å². The molecule has 0 radical (unpaired) electrons. The zero-order valence-corrected chi connectivity index (χ0v) is 16.8. The Morgan fingerprint density at radius 1 is 1.07 bits per heavy atom. The van der Waals surface area contributed by atoms with Crippen LogP contribution in [0.25, 0.3) is 5.69 Å². The number of anilines is 1. The molecule has 0 spiro atoms. The number of aromatic nitrogens is 2. The van der Waals surface area contributed by atoms with E-state index < -0.39 is 6.04 Å². The Balaban J connectivity index is 1.99. The SMILES string of the molecule is CCN1C(=O)[C@@H](NC(C)=O)[C@@H](c2ccccc2)c2c(C)nn(-c3ccccc3)c21. The van der Waals surface area contributed by atoms with Crippen molar-refractivity contribution in [3.05, 3.63) is 77.5 Å². The van der Waals surface area contributed by atoms with E-state index in [2.05, 4.69) is 5.32 Å². The number of carbonyl (C=O) groups is 2. The molecule has 0 fully saturated rings. The van der Waals surface area contributed by atoms with Gasteiger partial charge in [-0.25, -0.2) is 4.68 Å². The molecule has 6 heteroatoms. The van der Waals surface area contributed by atoms with Crippen LogP contribution in [0.3, 0.4) is 0 Å². The van der Waals surface area contributed by atoms with Gasteiger partial charge in [-0.3, -0.25) is 14.5 Å². The van der Waals surface area contributed by atoms with Crippen LogP contribution in [-0.2, 0) is 9.59 Å². The molecule has 2 aromatic carbocycles. The highest BCUT2D eigenvalue weighted by Gasteiger charge is 2.45. The first-order valence-corrected chi connectivity index (χ1v) is 9.81. The van der Waals surface area contributed by atoms with Gasteiger partial charge in [-0.05, 0) is 31.5 Å². The van der Waals surface area contributed by atoms with Crippen LogP contribution in [0.4, 0.5) is 5.82 Å². The molecule has 148 valence electrons. The number of carbonyl (C=O) groups excluding carboxylic acids is 2. The van der Waals surface area contributed by atoms with Crippen LogP contribution >= 0.6 is 0 Å². The molecule has 1 N–H and O–H groups in total. The van der Waals surface area contributed by atoms with Crippen molar-refractivity contribution in [3.8, 4) is 5.69 Å². The highest BCUT2D eigenvalue weighted by Crippen LogP contribution is 2.43. The van der Waals surface area contributed by atoms with Crippen molar-refractivity contribution >= 4 is 17.6 Å². The van der Waals surface area contributed by atoms with Gasteiger partial charge in [-0.2, -0.15) is 5.10 Å².